The molecule has 0 aromatic carbocycles. The van der Waals surface area contributed by atoms with E-state index in [9.17, 15) is 9.18 Å². The summed E-state index contributed by atoms with van der Waals surface area (Å²) in [6, 6.07) is 2.80. The Balaban J connectivity index is 2.79. The van der Waals surface area contributed by atoms with E-state index in [-0.39, 0.29) is 24.3 Å². The van der Waals surface area contributed by atoms with E-state index in [2.05, 4.69) is 9.72 Å². The summed E-state index contributed by atoms with van der Waals surface area (Å²) < 4.78 is 17.9. The lowest BCUT2D eigenvalue weighted by Crippen LogP contribution is -2.10. The van der Waals surface area contributed by atoms with Crippen molar-refractivity contribution in [3.8, 4) is 6.07 Å². The Labute approximate surface area is 86.3 Å². The van der Waals surface area contributed by atoms with Gasteiger partial charge in [-0.3, -0.25) is 9.78 Å². The zero-order valence-electron chi connectivity index (χ0n) is 8.16. The van der Waals surface area contributed by atoms with Crippen LogP contribution in [-0.2, 0) is 16.0 Å². The molecular weight excluding hydrogens is 199 g/mol. The molecule has 15 heavy (non-hydrogen) atoms. The molecule has 0 saturated heterocycles. The third-order valence-corrected chi connectivity index (χ3v) is 1.66. The van der Waals surface area contributed by atoms with E-state index in [0.717, 1.165) is 6.07 Å². The predicted octanol–water partition coefficient (Wildman–Crippen LogP) is 1.20. The van der Waals surface area contributed by atoms with Crippen LogP contribution in [0.15, 0.2) is 12.3 Å². The fourth-order valence-electron chi connectivity index (χ4n) is 1.01. The summed E-state index contributed by atoms with van der Waals surface area (Å²) in [6.45, 7) is 1.91. The van der Waals surface area contributed by atoms with Crippen LogP contribution in [-0.4, -0.2) is 17.6 Å². The van der Waals surface area contributed by atoms with E-state index in [1.165, 1.54) is 6.20 Å². The number of rotatable bonds is 3. The minimum absolute atomic E-state index is 0.00699. The molecule has 0 bridgehead atoms. The molecule has 1 rings (SSSR count). The van der Waals surface area contributed by atoms with E-state index in [4.69, 9.17) is 5.26 Å². The quantitative estimate of drug-likeness (QED) is 0.700. The number of esters is 1. The van der Waals surface area contributed by atoms with Crippen molar-refractivity contribution in [1.82, 2.24) is 4.98 Å². The van der Waals surface area contributed by atoms with Gasteiger partial charge in [0.05, 0.1) is 24.3 Å². The van der Waals surface area contributed by atoms with Gasteiger partial charge in [0.1, 0.15) is 11.9 Å². The topological polar surface area (TPSA) is 63.0 Å². The first-order valence-corrected chi connectivity index (χ1v) is 4.37. The maximum atomic E-state index is 13.2. The number of halogens is 1. The molecule has 0 radical (unpaired) electrons. The molecular formula is C10H9FN2O2. The zero-order valence-corrected chi connectivity index (χ0v) is 8.16. The molecule has 1 aromatic heterocycles. The molecule has 0 saturated carbocycles. The van der Waals surface area contributed by atoms with E-state index >= 15 is 0 Å². The van der Waals surface area contributed by atoms with Crippen molar-refractivity contribution in [2.45, 2.75) is 13.3 Å². The fraction of sp³-hybridized carbons (Fsp3) is 0.300. The lowest BCUT2D eigenvalue weighted by molar-refractivity contribution is -0.142. The summed E-state index contributed by atoms with van der Waals surface area (Å²) in [6.07, 6.45) is 1.00. The van der Waals surface area contributed by atoms with E-state index in [1.54, 1.807) is 13.0 Å². The second-order valence-corrected chi connectivity index (χ2v) is 2.75. The van der Waals surface area contributed by atoms with Gasteiger partial charge in [0.2, 0.25) is 0 Å². The van der Waals surface area contributed by atoms with Gasteiger partial charge in [0.25, 0.3) is 0 Å². The van der Waals surface area contributed by atoms with Crippen LogP contribution in [0, 0.1) is 17.1 Å². The molecule has 78 valence electrons. The Bertz CT molecular complexity index is 412. The van der Waals surface area contributed by atoms with Gasteiger partial charge in [-0.25, -0.2) is 4.39 Å². The predicted molar refractivity (Wildman–Crippen MR) is 49.2 cm³/mol. The van der Waals surface area contributed by atoms with Crippen LogP contribution < -0.4 is 0 Å². The average Bonchev–Trinajstić information content (AvgIpc) is 2.21. The molecule has 0 amide bonds. The van der Waals surface area contributed by atoms with Gasteiger partial charge in [-0.05, 0) is 13.0 Å². The third-order valence-electron chi connectivity index (χ3n) is 1.66. The highest BCUT2D eigenvalue weighted by Crippen LogP contribution is 2.07. The number of carbonyl (C=O) groups excluding carboxylic acids is 1. The van der Waals surface area contributed by atoms with E-state index in [1.807, 2.05) is 0 Å². The summed E-state index contributed by atoms with van der Waals surface area (Å²) in [7, 11) is 0. The highest BCUT2D eigenvalue weighted by Gasteiger charge is 2.10. The normalized spacial score (nSPS) is 9.40. The lowest BCUT2D eigenvalue weighted by atomic mass is 10.2. The van der Waals surface area contributed by atoms with Crippen LogP contribution in [0.5, 0.6) is 0 Å². The second kappa shape index (κ2) is 5.05. The number of aromatic nitrogens is 1. The zero-order chi connectivity index (χ0) is 11.3. The summed E-state index contributed by atoms with van der Waals surface area (Å²) in [5.74, 6) is -1.20. The minimum atomic E-state index is -0.665. The maximum absolute atomic E-state index is 13.2. The van der Waals surface area contributed by atoms with Crippen molar-refractivity contribution in [2.24, 2.45) is 0 Å². The van der Waals surface area contributed by atoms with E-state index < -0.39 is 11.8 Å². The number of hydrogen-bond donors (Lipinski definition) is 0. The first-order valence-electron chi connectivity index (χ1n) is 4.37. The van der Waals surface area contributed by atoms with Crippen molar-refractivity contribution in [3.63, 3.8) is 0 Å². The summed E-state index contributed by atoms with van der Waals surface area (Å²) in [4.78, 5) is 14.7. The summed E-state index contributed by atoms with van der Waals surface area (Å²) in [5.41, 5.74) is 0.118. The number of nitriles is 1. The first kappa shape index (κ1) is 11.1. The van der Waals surface area contributed by atoms with Crippen molar-refractivity contribution < 1.29 is 13.9 Å². The number of hydrogen-bond acceptors (Lipinski definition) is 4. The highest BCUT2D eigenvalue weighted by atomic mass is 19.1. The first-order chi connectivity index (χ1) is 7.17. The Morgan fingerprint density at radius 2 is 2.47 bits per heavy atom. The lowest BCUT2D eigenvalue weighted by Gasteiger charge is -2.02. The Hall–Kier alpha value is -1.96. The van der Waals surface area contributed by atoms with Crippen molar-refractivity contribution in [2.75, 3.05) is 6.61 Å². The Morgan fingerprint density at radius 3 is 3.00 bits per heavy atom. The van der Waals surface area contributed by atoms with Crippen molar-refractivity contribution in [3.05, 3.63) is 29.3 Å². The monoisotopic (exact) mass is 208 g/mol. The van der Waals surface area contributed by atoms with Gasteiger partial charge in [0, 0.05) is 6.20 Å². The van der Waals surface area contributed by atoms with Crippen LogP contribution in [0.3, 0.4) is 0 Å². The SMILES string of the molecule is CCOC(=O)Cc1ncc(C#N)cc1F. The molecule has 1 heterocycles. The van der Waals surface area contributed by atoms with E-state index in [0.29, 0.717) is 0 Å². The van der Waals surface area contributed by atoms with Crippen molar-refractivity contribution in [1.29, 1.82) is 5.26 Å². The summed E-state index contributed by atoms with van der Waals surface area (Å²) >= 11 is 0. The standard InChI is InChI=1S/C10H9FN2O2/c1-2-15-10(14)4-9-8(11)3-7(5-12)6-13-9/h3,6H,2,4H2,1H3. The fourth-order valence-corrected chi connectivity index (χ4v) is 1.01. The molecule has 0 aliphatic heterocycles. The molecule has 0 fully saturated rings. The molecule has 0 aliphatic carbocycles. The third kappa shape index (κ3) is 3.02. The Morgan fingerprint density at radius 1 is 1.73 bits per heavy atom. The molecule has 0 N–H and O–H groups in total. The number of carbonyl (C=O) groups is 1. The van der Waals surface area contributed by atoms with Gasteiger partial charge in [-0.1, -0.05) is 0 Å². The number of pyridine rings is 1. The molecule has 5 heteroatoms. The molecule has 1 aromatic rings. The smallest absolute Gasteiger partial charge is 0.311 e. The average molecular weight is 208 g/mol. The van der Waals surface area contributed by atoms with Crippen LogP contribution in [0.4, 0.5) is 4.39 Å². The van der Waals surface area contributed by atoms with Gasteiger partial charge in [0.15, 0.2) is 0 Å². The number of nitrogens with zero attached hydrogens (tertiary/aromatic N) is 2. The second-order valence-electron chi connectivity index (χ2n) is 2.75. The van der Waals surface area contributed by atoms with Gasteiger partial charge >= 0.3 is 5.97 Å². The van der Waals surface area contributed by atoms with Crippen LogP contribution in [0.2, 0.25) is 0 Å². The van der Waals surface area contributed by atoms with Crippen LogP contribution >= 0.6 is 0 Å². The molecule has 0 aliphatic rings. The van der Waals surface area contributed by atoms with Crippen LogP contribution in [0.25, 0.3) is 0 Å². The minimum Gasteiger partial charge on any atom is -0.466 e. The Kier molecular flexibility index (Phi) is 3.75. The summed E-state index contributed by atoms with van der Waals surface area (Å²) in [5, 5.41) is 8.47. The van der Waals surface area contributed by atoms with Crippen LogP contribution in [0.1, 0.15) is 18.2 Å². The molecule has 4 nitrogen and oxygen atoms in total. The van der Waals surface area contributed by atoms with Crippen molar-refractivity contribution >= 4 is 5.97 Å². The maximum Gasteiger partial charge on any atom is 0.311 e. The molecule has 0 unspecified atom stereocenters. The molecule has 0 spiro atoms. The number of ether oxygens (including phenoxy) is 1. The molecule has 0 atom stereocenters. The van der Waals surface area contributed by atoms with Gasteiger partial charge < -0.3 is 4.74 Å². The highest BCUT2D eigenvalue weighted by molar-refractivity contribution is 5.72. The van der Waals surface area contributed by atoms with Gasteiger partial charge in [-0.15, -0.1) is 0 Å². The van der Waals surface area contributed by atoms with Gasteiger partial charge in [-0.2, -0.15) is 5.26 Å². The largest absolute Gasteiger partial charge is 0.466 e.